The zero-order chi connectivity index (χ0) is 18.1. The lowest BCUT2D eigenvalue weighted by Gasteiger charge is -2.08. The third-order valence-electron chi connectivity index (χ3n) is 4.38. The largest absolute Gasteiger partial charge is 0.294 e. The second-order valence-corrected chi connectivity index (χ2v) is 7.65. The Morgan fingerprint density at radius 3 is 2.62 bits per heavy atom. The van der Waals surface area contributed by atoms with Crippen LogP contribution in [-0.4, -0.2) is 10.8 Å². The van der Waals surface area contributed by atoms with Gasteiger partial charge in [-0.15, -0.1) is 11.3 Å². The van der Waals surface area contributed by atoms with Gasteiger partial charge in [-0.25, -0.2) is 4.98 Å². The van der Waals surface area contributed by atoms with Crippen molar-refractivity contribution < 1.29 is 4.79 Å². The molecule has 0 amide bonds. The number of hydrogen-bond donors (Lipinski definition) is 0. The summed E-state index contributed by atoms with van der Waals surface area (Å²) in [6, 6.07) is 21.5. The van der Waals surface area contributed by atoms with Gasteiger partial charge in [0.25, 0.3) is 0 Å². The zero-order valence-electron chi connectivity index (χ0n) is 14.2. The number of thiazole rings is 1. The molecule has 4 heteroatoms. The Hall–Kier alpha value is -2.49. The lowest BCUT2D eigenvalue weighted by Crippen LogP contribution is -2.06. The first-order valence-corrected chi connectivity index (χ1v) is 9.54. The highest BCUT2D eigenvalue weighted by atomic mass is 35.5. The third kappa shape index (κ3) is 3.28. The molecule has 0 N–H and O–H groups in total. The quantitative estimate of drug-likeness (QED) is 0.388. The van der Waals surface area contributed by atoms with E-state index < -0.39 is 0 Å². The molecule has 4 rings (SSSR count). The summed E-state index contributed by atoms with van der Waals surface area (Å²) < 4.78 is 1.15. The number of benzene rings is 3. The van der Waals surface area contributed by atoms with E-state index in [1.807, 2.05) is 67.6 Å². The van der Waals surface area contributed by atoms with Crippen LogP contribution in [-0.2, 0) is 6.42 Å². The molecular formula is C22H16ClNOS. The molecule has 0 radical (unpaired) electrons. The molecule has 0 aliphatic carbocycles. The Morgan fingerprint density at radius 1 is 1.04 bits per heavy atom. The number of hydrogen-bond acceptors (Lipinski definition) is 3. The van der Waals surface area contributed by atoms with Gasteiger partial charge in [0.2, 0.25) is 0 Å². The first-order chi connectivity index (χ1) is 12.6. The van der Waals surface area contributed by atoms with Crippen molar-refractivity contribution in [2.24, 2.45) is 0 Å². The summed E-state index contributed by atoms with van der Waals surface area (Å²) in [5.74, 6) is 0.0754. The van der Waals surface area contributed by atoms with Gasteiger partial charge >= 0.3 is 0 Å². The number of halogens is 1. The minimum atomic E-state index is 0.0754. The Bertz CT molecular complexity index is 1080. The first kappa shape index (κ1) is 17.0. The van der Waals surface area contributed by atoms with Crippen LogP contribution in [0.3, 0.4) is 0 Å². The minimum absolute atomic E-state index is 0.0754. The van der Waals surface area contributed by atoms with E-state index in [-0.39, 0.29) is 12.2 Å². The number of nitrogens with zero attached hydrogens (tertiary/aromatic N) is 1. The molecule has 0 saturated heterocycles. The molecule has 0 saturated carbocycles. The van der Waals surface area contributed by atoms with E-state index >= 15 is 0 Å². The molecular weight excluding hydrogens is 362 g/mol. The van der Waals surface area contributed by atoms with Crippen LogP contribution in [0.15, 0.2) is 66.7 Å². The number of rotatable bonds is 4. The standard InChI is InChI=1S/C22H16ClNOS/c1-14-6-2-3-7-17(14)20(25)13-16-12-15(10-11-18(16)23)22-24-19-8-4-5-9-21(19)26-22/h2-12H,13H2,1H3. The molecule has 0 bridgehead atoms. The fourth-order valence-electron chi connectivity index (χ4n) is 2.99. The van der Waals surface area contributed by atoms with E-state index in [4.69, 9.17) is 16.6 Å². The van der Waals surface area contributed by atoms with Crippen LogP contribution >= 0.6 is 22.9 Å². The average Bonchev–Trinajstić information content (AvgIpc) is 3.08. The predicted molar refractivity (Wildman–Crippen MR) is 109 cm³/mol. The molecule has 0 atom stereocenters. The van der Waals surface area contributed by atoms with Crippen LogP contribution in [0.2, 0.25) is 5.02 Å². The number of fused-ring (bicyclic) bond motifs is 1. The van der Waals surface area contributed by atoms with E-state index in [1.54, 1.807) is 11.3 Å². The topological polar surface area (TPSA) is 30.0 Å². The maximum atomic E-state index is 12.7. The van der Waals surface area contributed by atoms with Gasteiger partial charge in [0.05, 0.1) is 10.2 Å². The van der Waals surface area contributed by atoms with Crippen LogP contribution in [0, 0.1) is 6.92 Å². The molecule has 0 fully saturated rings. The molecule has 0 spiro atoms. The average molecular weight is 378 g/mol. The van der Waals surface area contributed by atoms with Gasteiger partial charge in [0.1, 0.15) is 5.01 Å². The van der Waals surface area contributed by atoms with Crippen LogP contribution in [0.5, 0.6) is 0 Å². The fourth-order valence-corrected chi connectivity index (χ4v) is 4.14. The zero-order valence-corrected chi connectivity index (χ0v) is 15.8. The number of Topliss-reactive ketones (excluding diaryl/α,β-unsaturated/α-hetero) is 1. The molecule has 0 unspecified atom stereocenters. The summed E-state index contributed by atoms with van der Waals surface area (Å²) >= 11 is 8.01. The maximum absolute atomic E-state index is 12.7. The monoisotopic (exact) mass is 377 g/mol. The van der Waals surface area contributed by atoms with E-state index in [9.17, 15) is 4.79 Å². The second kappa shape index (κ2) is 7.02. The van der Waals surface area contributed by atoms with Crippen molar-refractivity contribution >= 4 is 38.9 Å². The molecule has 0 aliphatic heterocycles. The molecule has 4 aromatic rings. The van der Waals surface area contributed by atoms with Crippen molar-refractivity contribution in [3.63, 3.8) is 0 Å². The van der Waals surface area contributed by atoms with Gasteiger partial charge in [-0.2, -0.15) is 0 Å². The summed E-state index contributed by atoms with van der Waals surface area (Å²) in [7, 11) is 0. The number of para-hydroxylation sites is 1. The number of carbonyl (C=O) groups excluding carboxylic acids is 1. The third-order valence-corrected chi connectivity index (χ3v) is 5.84. The Labute approximate surface area is 161 Å². The molecule has 3 aromatic carbocycles. The van der Waals surface area contributed by atoms with Crippen LogP contribution in [0.25, 0.3) is 20.8 Å². The second-order valence-electron chi connectivity index (χ2n) is 6.21. The Kier molecular flexibility index (Phi) is 4.58. The summed E-state index contributed by atoms with van der Waals surface area (Å²) in [5.41, 5.74) is 4.53. The van der Waals surface area contributed by atoms with Crippen molar-refractivity contribution in [2.75, 3.05) is 0 Å². The van der Waals surface area contributed by atoms with Crippen molar-refractivity contribution in [2.45, 2.75) is 13.3 Å². The number of carbonyl (C=O) groups is 1. The number of aromatic nitrogens is 1. The Balaban J connectivity index is 1.68. The van der Waals surface area contributed by atoms with Gasteiger partial charge in [-0.3, -0.25) is 4.79 Å². The van der Waals surface area contributed by atoms with Crippen LogP contribution < -0.4 is 0 Å². The van der Waals surface area contributed by atoms with E-state index in [0.717, 1.165) is 37.5 Å². The molecule has 128 valence electrons. The van der Waals surface area contributed by atoms with E-state index in [2.05, 4.69) is 6.07 Å². The molecule has 26 heavy (non-hydrogen) atoms. The lowest BCUT2D eigenvalue weighted by molar-refractivity contribution is 0.0992. The van der Waals surface area contributed by atoms with Crippen LogP contribution in [0.4, 0.5) is 0 Å². The smallest absolute Gasteiger partial charge is 0.167 e. The number of ketones is 1. The summed E-state index contributed by atoms with van der Waals surface area (Å²) in [4.78, 5) is 17.4. The number of aryl methyl sites for hydroxylation is 1. The maximum Gasteiger partial charge on any atom is 0.167 e. The van der Waals surface area contributed by atoms with Gasteiger partial charge < -0.3 is 0 Å². The van der Waals surface area contributed by atoms with Gasteiger partial charge in [-0.05, 0) is 42.3 Å². The fraction of sp³-hybridized carbons (Fsp3) is 0.0909. The highest BCUT2D eigenvalue weighted by Gasteiger charge is 2.14. The van der Waals surface area contributed by atoms with Gasteiger partial charge in [-0.1, -0.05) is 54.1 Å². The summed E-state index contributed by atoms with van der Waals surface area (Å²) in [6.07, 6.45) is 0.280. The highest BCUT2D eigenvalue weighted by molar-refractivity contribution is 7.21. The molecule has 0 aliphatic rings. The van der Waals surface area contributed by atoms with E-state index in [1.165, 1.54) is 0 Å². The molecule has 1 aromatic heterocycles. The van der Waals surface area contributed by atoms with Crippen molar-refractivity contribution in [3.05, 3.63) is 88.4 Å². The van der Waals surface area contributed by atoms with Gasteiger partial charge in [0, 0.05) is 22.6 Å². The predicted octanol–water partition coefficient (Wildman–Crippen LogP) is 6.35. The summed E-state index contributed by atoms with van der Waals surface area (Å²) in [5, 5.41) is 1.55. The lowest BCUT2D eigenvalue weighted by atomic mass is 9.98. The van der Waals surface area contributed by atoms with Crippen molar-refractivity contribution in [1.29, 1.82) is 0 Å². The van der Waals surface area contributed by atoms with Crippen molar-refractivity contribution in [3.8, 4) is 10.6 Å². The first-order valence-electron chi connectivity index (χ1n) is 8.35. The van der Waals surface area contributed by atoms with Crippen LogP contribution in [0.1, 0.15) is 21.5 Å². The highest BCUT2D eigenvalue weighted by Crippen LogP contribution is 2.32. The summed E-state index contributed by atoms with van der Waals surface area (Å²) in [6.45, 7) is 1.95. The minimum Gasteiger partial charge on any atom is -0.294 e. The molecule has 1 heterocycles. The molecule has 2 nitrogen and oxygen atoms in total. The van der Waals surface area contributed by atoms with E-state index in [0.29, 0.717) is 5.02 Å². The van der Waals surface area contributed by atoms with Crippen molar-refractivity contribution in [1.82, 2.24) is 4.98 Å². The SMILES string of the molecule is Cc1ccccc1C(=O)Cc1cc(-c2nc3ccccc3s2)ccc1Cl. The Morgan fingerprint density at radius 2 is 1.81 bits per heavy atom. The van der Waals surface area contributed by atoms with Gasteiger partial charge in [0.15, 0.2) is 5.78 Å². The normalized spacial score (nSPS) is 11.0.